The predicted octanol–water partition coefficient (Wildman–Crippen LogP) is -0.614. The van der Waals surface area contributed by atoms with Gasteiger partial charge in [-0.2, -0.15) is 0 Å². The minimum absolute atomic E-state index is 0.0605. The van der Waals surface area contributed by atoms with Crippen molar-refractivity contribution in [2.75, 3.05) is 40.0 Å². The van der Waals surface area contributed by atoms with E-state index in [1.807, 2.05) is 4.90 Å². The quantitative estimate of drug-likeness (QED) is 0.667. The van der Waals surface area contributed by atoms with Crippen LogP contribution >= 0.6 is 0 Å². The Kier molecular flexibility index (Phi) is 4.54. The maximum atomic E-state index is 12.2. The van der Waals surface area contributed by atoms with Gasteiger partial charge in [-0.1, -0.05) is 0 Å². The number of piperidine rings is 1. The van der Waals surface area contributed by atoms with Gasteiger partial charge in [0, 0.05) is 19.6 Å². The fraction of sp³-hybridized carbons (Fsp3) is 0.833. The Morgan fingerprint density at radius 1 is 1.33 bits per heavy atom. The number of esters is 1. The highest BCUT2D eigenvalue weighted by molar-refractivity contribution is 5.82. The molecule has 6 heteroatoms. The van der Waals surface area contributed by atoms with Gasteiger partial charge in [-0.3, -0.25) is 9.59 Å². The summed E-state index contributed by atoms with van der Waals surface area (Å²) in [5.74, 6) is -0.145. The largest absolute Gasteiger partial charge is 0.469 e. The molecule has 0 aliphatic carbocycles. The summed E-state index contributed by atoms with van der Waals surface area (Å²) in [6.45, 7) is 3.06. The van der Waals surface area contributed by atoms with Gasteiger partial charge in [-0.15, -0.1) is 0 Å². The second-order valence-corrected chi connectivity index (χ2v) is 4.70. The summed E-state index contributed by atoms with van der Waals surface area (Å²) in [5.41, 5.74) is 0. The summed E-state index contributed by atoms with van der Waals surface area (Å²) in [7, 11) is 1.41. The van der Waals surface area contributed by atoms with Crippen LogP contribution in [0.25, 0.3) is 0 Å². The number of hydrogen-bond donors (Lipinski definition) is 1. The number of morpholine rings is 1. The number of hydrogen-bond acceptors (Lipinski definition) is 5. The maximum absolute atomic E-state index is 12.2. The second kappa shape index (κ2) is 6.15. The number of carbonyl (C=O) groups is 2. The first-order valence-corrected chi connectivity index (χ1v) is 6.40. The number of ether oxygens (including phenoxy) is 2. The zero-order valence-corrected chi connectivity index (χ0v) is 10.7. The standard InChI is InChI=1S/C12H20N2O4/c1-17-12(16)9-2-5-14(6-3-9)11(15)10-8-18-7-4-13-10/h9-10,13H,2-8H2,1H3. The molecule has 0 aromatic carbocycles. The van der Waals surface area contributed by atoms with E-state index in [1.54, 1.807) is 0 Å². The lowest BCUT2D eigenvalue weighted by atomic mass is 9.96. The van der Waals surface area contributed by atoms with Gasteiger partial charge in [0.25, 0.3) is 0 Å². The highest BCUT2D eigenvalue weighted by atomic mass is 16.5. The van der Waals surface area contributed by atoms with Gasteiger partial charge in [0.2, 0.25) is 5.91 Å². The molecule has 0 aromatic heterocycles. The van der Waals surface area contributed by atoms with Crippen molar-refractivity contribution < 1.29 is 19.1 Å². The number of nitrogens with one attached hydrogen (secondary N) is 1. The van der Waals surface area contributed by atoms with Gasteiger partial charge in [0.15, 0.2) is 0 Å². The molecule has 0 spiro atoms. The molecule has 1 unspecified atom stereocenters. The lowest BCUT2D eigenvalue weighted by Gasteiger charge is -2.34. The first-order valence-electron chi connectivity index (χ1n) is 6.40. The highest BCUT2D eigenvalue weighted by Crippen LogP contribution is 2.19. The molecule has 2 aliphatic heterocycles. The Hall–Kier alpha value is -1.14. The van der Waals surface area contributed by atoms with Gasteiger partial charge in [-0.05, 0) is 12.8 Å². The minimum atomic E-state index is -0.228. The summed E-state index contributed by atoms with van der Waals surface area (Å²) in [5, 5.41) is 3.15. The molecular formula is C12H20N2O4. The number of nitrogens with zero attached hydrogens (tertiary/aromatic N) is 1. The van der Waals surface area contributed by atoms with E-state index in [4.69, 9.17) is 9.47 Å². The average molecular weight is 256 g/mol. The van der Waals surface area contributed by atoms with Crippen LogP contribution in [0.4, 0.5) is 0 Å². The molecule has 0 aromatic rings. The molecule has 0 radical (unpaired) electrons. The van der Waals surface area contributed by atoms with E-state index in [9.17, 15) is 9.59 Å². The Morgan fingerprint density at radius 3 is 2.61 bits per heavy atom. The van der Waals surface area contributed by atoms with Crippen LogP contribution in [0.1, 0.15) is 12.8 Å². The van der Waals surface area contributed by atoms with Crippen molar-refractivity contribution in [3.8, 4) is 0 Å². The van der Waals surface area contributed by atoms with Crippen molar-refractivity contribution in [3.63, 3.8) is 0 Å². The molecule has 1 atom stereocenters. The number of rotatable bonds is 2. The summed E-state index contributed by atoms with van der Waals surface area (Å²) >= 11 is 0. The van der Waals surface area contributed by atoms with E-state index >= 15 is 0 Å². The fourth-order valence-corrected chi connectivity index (χ4v) is 2.45. The first-order chi connectivity index (χ1) is 8.72. The molecule has 2 saturated heterocycles. The van der Waals surface area contributed by atoms with Crippen molar-refractivity contribution in [2.24, 2.45) is 5.92 Å². The molecule has 0 bridgehead atoms. The van der Waals surface area contributed by atoms with E-state index in [0.29, 0.717) is 39.1 Å². The third-order valence-corrected chi connectivity index (χ3v) is 3.56. The molecule has 6 nitrogen and oxygen atoms in total. The van der Waals surface area contributed by atoms with Crippen molar-refractivity contribution in [1.29, 1.82) is 0 Å². The van der Waals surface area contributed by atoms with E-state index in [2.05, 4.69) is 5.32 Å². The van der Waals surface area contributed by atoms with Crippen LogP contribution in [0.15, 0.2) is 0 Å². The van der Waals surface area contributed by atoms with Gasteiger partial charge in [0.1, 0.15) is 6.04 Å². The topological polar surface area (TPSA) is 67.9 Å². The van der Waals surface area contributed by atoms with Gasteiger partial charge >= 0.3 is 5.97 Å². The Morgan fingerprint density at radius 2 is 2.06 bits per heavy atom. The number of likely N-dealkylation sites (tertiary alicyclic amines) is 1. The van der Waals surface area contributed by atoms with E-state index in [-0.39, 0.29) is 23.8 Å². The van der Waals surface area contributed by atoms with Crippen LogP contribution in [-0.4, -0.2) is 62.8 Å². The lowest BCUT2D eigenvalue weighted by Crippen LogP contribution is -2.54. The van der Waals surface area contributed by atoms with E-state index in [0.717, 1.165) is 6.54 Å². The first kappa shape index (κ1) is 13.3. The lowest BCUT2D eigenvalue weighted by molar-refractivity contribution is -0.149. The zero-order chi connectivity index (χ0) is 13.0. The highest BCUT2D eigenvalue weighted by Gasteiger charge is 2.31. The van der Waals surface area contributed by atoms with Crippen LogP contribution < -0.4 is 5.32 Å². The molecule has 2 heterocycles. The Bertz CT molecular complexity index is 307. The predicted molar refractivity (Wildman–Crippen MR) is 63.9 cm³/mol. The second-order valence-electron chi connectivity index (χ2n) is 4.70. The Balaban J connectivity index is 1.81. The van der Waals surface area contributed by atoms with Gasteiger partial charge in [-0.25, -0.2) is 0 Å². The number of carbonyl (C=O) groups excluding carboxylic acids is 2. The van der Waals surface area contributed by atoms with E-state index in [1.165, 1.54) is 7.11 Å². The summed E-state index contributed by atoms with van der Waals surface area (Å²) in [4.78, 5) is 25.4. The van der Waals surface area contributed by atoms with Gasteiger partial charge in [0.05, 0.1) is 26.2 Å². The monoisotopic (exact) mass is 256 g/mol. The molecule has 102 valence electrons. The molecule has 1 amide bonds. The van der Waals surface area contributed by atoms with Crippen molar-refractivity contribution in [2.45, 2.75) is 18.9 Å². The van der Waals surface area contributed by atoms with Gasteiger partial charge < -0.3 is 19.7 Å². The fourth-order valence-electron chi connectivity index (χ4n) is 2.45. The molecule has 2 rings (SSSR count). The van der Waals surface area contributed by atoms with E-state index < -0.39 is 0 Å². The molecule has 18 heavy (non-hydrogen) atoms. The number of amides is 1. The molecule has 2 aliphatic rings. The molecular weight excluding hydrogens is 236 g/mol. The van der Waals surface area contributed by atoms with Crippen LogP contribution in [0.5, 0.6) is 0 Å². The summed E-state index contributed by atoms with van der Waals surface area (Å²) in [6.07, 6.45) is 1.37. The minimum Gasteiger partial charge on any atom is -0.469 e. The van der Waals surface area contributed by atoms with Crippen LogP contribution in [-0.2, 0) is 19.1 Å². The van der Waals surface area contributed by atoms with Crippen molar-refractivity contribution in [3.05, 3.63) is 0 Å². The smallest absolute Gasteiger partial charge is 0.308 e. The average Bonchev–Trinajstić information content (AvgIpc) is 2.47. The third-order valence-electron chi connectivity index (χ3n) is 3.56. The Labute approximate surface area is 107 Å². The van der Waals surface area contributed by atoms with Crippen molar-refractivity contribution >= 4 is 11.9 Å². The molecule has 2 fully saturated rings. The normalized spacial score (nSPS) is 25.8. The SMILES string of the molecule is COC(=O)C1CCN(C(=O)C2COCCN2)CC1. The third kappa shape index (κ3) is 3.00. The van der Waals surface area contributed by atoms with Crippen LogP contribution in [0, 0.1) is 5.92 Å². The summed E-state index contributed by atoms with van der Waals surface area (Å²) in [6, 6.07) is -0.228. The molecule has 1 N–H and O–H groups in total. The maximum Gasteiger partial charge on any atom is 0.308 e. The van der Waals surface area contributed by atoms with Crippen molar-refractivity contribution in [1.82, 2.24) is 10.2 Å². The zero-order valence-electron chi connectivity index (χ0n) is 10.7. The van der Waals surface area contributed by atoms with Crippen LogP contribution in [0.2, 0.25) is 0 Å². The summed E-state index contributed by atoms with van der Waals surface area (Å²) < 4.78 is 10.0. The van der Waals surface area contributed by atoms with Crippen LogP contribution in [0.3, 0.4) is 0 Å². The number of methoxy groups -OCH3 is 1. The molecule has 0 saturated carbocycles.